The van der Waals surface area contributed by atoms with Gasteiger partial charge in [0, 0.05) is 43.5 Å². The molecule has 0 saturated carbocycles. The van der Waals surface area contributed by atoms with Gasteiger partial charge in [0.25, 0.3) is 5.91 Å². The van der Waals surface area contributed by atoms with E-state index in [9.17, 15) is 4.79 Å². The average Bonchev–Trinajstić information content (AvgIpc) is 3.37. The van der Waals surface area contributed by atoms with Crippen molar-refractivity contribution in [3.05, 3.63) is 47.9 Å². The number of nitrogens with zero attached hydrogens (tertiary/aromatic N) is 6. The molecule has 4 heterocycles. The standard InChI is InChI=1S/C20H24N6O2/c1-13(2)26-11-16(8-23-26)20(27)25-6-4-5-15(10-25)19-17(9-21-12-22-19)18-7-14(3)24-28-18/h7-9,11-13,15H,4-6,10H2,1-3H3/t15-/m1/s1. The SMILES string of the molecule is Cc1cc(-c2cncnc2[C@@H]2CCCN(C(=O)c3cnn(C(C)C)c3)C2)on1. The van der Waals surface area contributed by atoms with Gasteiger partial charge >= 0.3 is 0 Å². The fourth-order valence-corrected chi connectivity index (χ4v) is 3.64. The summed E-state index contributed by atoms with van der Waals surface area (Å²) in [5.41, 5.74) is 3.19. The van der Waals surface area contributed by atoms with Crippen LogP contribution in [0, 0.1) is 6.92 Å². The zero-order valence-electron chi connectivity index (χ0n) is 16.4. The minimum Gasteiger partial charge on any atom is -0.356 e. The van der Waals surface area contributed by atoms with Gasteiger partial charge in [-0.2, -0.15) is 5.10 Å². The van der Waals surface area contributed by atoms with Crippen molar-refractivity contribution in [3.8, 4) is 11.3 Å². The van der Waals surface area contributed by atoms with Crippen LogP contribution in [0.15, 0.2) is 35.5 Å². The maximum Gasteiger partial charge on any atom is 0.257 e. The Balaban J connectivity index is 1.57. The van der Waals surface area contributed by atoms with Gasteiger partial charge in [0.05, 0.1) is 28.7 Å². The number of likely N-dealkylation sites (tertiary alicyclic amines) is 1. The van der Waals surface area contributed by atoms with Crippen molar-refractivity contribution >= 4 is 5.91 Å². The topological polar surface area (TPSA) is 89.9 Å². The van der Waals surface area contributed by atoms with E-state index in [1.54, 1.807) is 18.7 Å². The second kappa shape index (κ2) is 7.53. The van der Waals surface area contributed by atoms with E-state index in [0.29, 0.717) is 17.9 Å². The molecule has 1 saturated heterocycles. The van der Waals surface area contributed by atoms with Gasteiger partial charge in [0.2, 0.25) is 0 Å². The highest BCUT2D eigenvalue weighted by molar-refractivity contribution is 5.93. The first kappa shape index (κ1) is 18.3. The van der Waals surface area contributed by atoms with Crippen LogP contribution in [0.5, 0.6) is 0 Å². The number of hydrogen-bond acceptors (Lipinski definition) is 6. The molecule has 0 radical (unpaired) electrons. The van der Waals surface area contributed by atoms with Gasteiger partial charge < -0.3 is 9.42 Å². The largest absolute Gasteiger partial charge is 0.356 e. The van der Waals surface area contributed by atoms with E-state index in [4.69, 9.17) is 4.52 Å². The molecule has 0 bridgehead atoms. The Bertz CT molecular complexity index is 976. The minimum absolute atomic E-state index is 0.0164. The lowest BCUT2D eigenvalue weighted by atomic mass is 9.91. The Hall–Kier alpha value is -3.03. The molecule has 0 spiro atoms. The molecular formula is C20H24N6O2. The molecule has 3 aromatic rings. The molecule has 1 aliphatic rings. The molecular weight excluding hydrogens is 356 g/mol. The molecule has 4 rings (SSSR count). The van der Waals surface area contributed by atoms with E-state index in [0.717, 1.165) is 36.3 Å². The predicted molar refractivity (Wildman–Crippen MR) is 103 cm³/mol. The molecule has 8 nitrogen and oxygen atoms in total. The normalized spacial score (nSPS) is 17.3. The van der Waals surface area contributed by atoms with Gasteiger partial charge in [-0.3, -0.25) is 9.48 Å². The Morgan fingerprint density at radius 2 is 2.18 bits per heavy atom. The third kappa shape index (κ3) is 3.54. The lowest BCUT2D eigenvalue weighted by Gasteiger charge is -2.32. The fourth-order valence-electron chi connectivity index (χ4n) is 3.64. The summed E-state index contributed by atoms with van der Waals surface area (Å²) in [6.07, 6.45) is 8.67. The van der Waals surface area contributed by atoms with Gasteiger partial charge in [-0.1, -0.05) is 5.16 Å². The van der Waals surface area contributed by atoms with Gasteiger partial charge in [-0.15, -0.1) is 0 Å². The van der Waals surface area contributed by atoms with E-state index in [1.807, 2.05) is 42.6 Å². The van der Waals surface area contributed by atoms with Crippen molar-refractivity contribution in [2.24, 2.45) is 0 Å². The van der Waals surface area contributed by atoms with Crippen molar-refractivity contribution in [2.45, 2.75) is 45.6 Å². The Morgan fingerprint density at radius 1 is 1.32 bits per heavy atom. The van der Waals surface area contributed by atoms with Crippen LogP contribution in [0.1, 0.15) is 60.4 Å². The molecule has 146 valence electrons. The van der Waals surface area contributed by atoms with Crippen LogP contribution in [0.4, 0.5) is 0 Å². The number of carbonyl (C=O) groups excluding carboxylic acids is 1. The number of carbonyl (C=O) groups is 1. The predicted octanol–water partition coefficient (Wildman–Crippen LogP) is 3.24. The van der Waals surface area contributed by atoms with E-state index in [2.05, 4.69) is 20.2 Å². The summed E-state index contributed by atoms with van der Waals surface area (Å²) >= 11 is 0. The first-order valence-corrected chi connectivity index (χ1v) is 9.60. The smallest absolute Gasteiger partial charge is 0.257 e. The lowest BCUT2D eigenvalue weighted by molar-refractivity contribution is 0.0706. The van der Waals surface area contributed by atoms with Crippen molar-refractivity contribution in [1.82, 2.24) is 29.8 Å². The van der Waals surface area contributed by atoms with Crippen LogP contribution in [0.3, 0.4) is 0 Å². The van der Waals surface area contributed by atoms with Gasteiger partial charge in [0.15, 0.2) is 5.76 Å². The van der Waals surface area contributed by atoms with Crippen LogP contribution >= 0.6 is 0 Å². The second-order valence-electron chi connectivity index (χ2n) is 7.55. The molecule has 1 fully saturated rings. The molecule has 0 aromatic carbocycles. The van der Waals surface area contributed by atoms with E-state index in [-0.39, 0.29) is 17.9 Å². The zero-order valence-corrected chi connectivity index (χ0v) is 16.4. The molecule has 0 aliphatic carbocycles. The number of amides is 1. The van der Waals surface area contributed by atoms with Crippen LogP contribution < -0.4 is 0 Å². The average molecular weight is 380 g/mol. The molecule has 28 heavy (non-hydrogen) atoms. The molecule has 1 atom stereocenters. The fraction of sp³-hybridized carbons (Fsp3) is 0.450. The summed E-state index contributed by atoms with van der Waals surface area (Å²) < 4.78 is 7.24. The maximum absolute atomic E-state index is 13.0. The molecule has 0 unspecified atom stereocenters. The summed E-state index contributed by atoms with van der Waals surface area (Å²) in [6, 6.07) is 2.11. The van der Waals surface area contributed by atoms with Crippen LogP contribution in [0.2, 0.25) is 0 Å². The summed E-state index contributed by atoms with van der Waals surface area (Å²) in [5, 5.41) is 8.27. The van der Waals surface area contributed by atoms with Gasteiger partial charge in [-0.25, -0.2) is 9.97 Å². The molecule has 3 aromatic heterocycles. The quantitative estimate of drug-likeness (QED) is 0.690. The first-order valence-electron chi connectivity index (χ1n) is 9.60. The first-order chi connectivity index (χ1) is 13.5. The highest BCUT2D eigenvalue weighted by Crippen LogP contribution is 2.33. The maximum atomic E-state index is 13.0. The second-order valence-corrected chi connectivity index (χ2v) is 7.55. The molecule has 0 N–H and O–H groups in total. The third-order valence-electron chi connectivity index (χ3n) is 5.11. The number of rotatable bonds is 4. The molecule has 8 heteroatoms. The monoisotopic (exact) mass is 380 g/mol. The Morgan fingerprint density at radius 3 is 2.89 bits per heavy atom. The summed E-state index contributed by atoms with van der Waals surface area (Å²) in [7, 11) is 0. The third-order valence-corrected chi connectivity index (χ3v) is 5.11. The van der Waals surface area contributed by atoms with Gasteiger partial charge in [-0.05, 0) is 33.6 Å². The zero-order chi connectivity index (χ0) is 19.7. The van der Waals surface area contributed by atoms with Crippen molar-refractivity contribution in [1.29, 1.82) is 0 Å². The van der Waals surface area contributed by atoms with Crippen LogP contribution in [0.25, 0.3) is 11.3 Å². The highest BCUT2D eigenvalue weighted by Gasteiger charge is 2.29. The highest BCUT2D eigenvalue weighted by atomic mass is 16.5. The van der Waals surface area contributed by atoms with Gasteiger partial charge in [0.1, 0.15) is 6.33 Å². The number of hydrogen-bond donors (Lipinski definition) is 0. The number of piperidine rings is 1. The Kier molecular flexibility index (Phi) is 4.93. The summed E-state index contributed by atoms with van der Waals surface area (Å²) in [6.45, 7) is 7.32. The van der Waals surface area contributed by atoms with Crippen LogP contribution in [-0.4, -0.2) is 48.8 Å². The van der Waals surface area contributed by atoms with E-state index < -0.39 is 0 Å². The van der Waals surface area contributed by atoms with E-state index >= 15 is 0 Å². The molecule has 1 amide bonds. The van der Waals surface area contributed by atoms with Crippen molar-refractivity contribution in [2.75, 3.05) is 13.1 Å². The van der Waals surface area contributed by atoms with E-state index in [1.165, 1.54) is 0 Å². The van der Waals surface area contributed by atoms with Crippen molar-refractivity contribution in [3.63, 3.8) is 0 Å². The number of aryl methyl sites for hydroxylation is 1. The Labute approximate surface area is 163 Å². The minimum atomic E-state index is 0.0164. The number of aromatic nitrogens is 5. The lowest BCUT2D eigenvalue weighted by Crippen LogP contribution is -2.39. The summed E-state index contributed by atoms with van der Waals surface area (Å²) in [4.78, 5) is 23.6. The van der Waals surface area contributed by atoms with Crippen molar-refractivity contribution < 1.29 is 9.32 Å². The molecule has 1 aliphatic heterocycles. The van der Waals surface area contributed by atoms with Crippen LogP contribution in [-0.2, 0) is 0 Å². The summed E-state index contributed by atoms with van der Waals surface area (Å²) in [5.74, 6) is 0.804.